The zero-order valence-electron chi connectivity index (χ0n) is 10.2. The van der Waals surface area contributed by atoms with E-state index >= 15 is 0 Å². The van der Waals surface area contributed by atoms with Crippen LogP contribution < -0.4 is 5.32 Å². The van der Waals surface area contributed by atoms with Crippen LogP contribution >= 0.6 is 23.5 Å². The van der Waals surface area contributed by atoms with Crippen molar-refractivity contribution in [2.45, 2.75) is 5.25 Å². The topological polar surface area (TPSA) is 107 Å². The van der Waals surface area contributed by atoms with Crippen molar-refractivity contribution in [3.63, 3.8) is 0 Å². The standard InChI is InChI=1S/C10H16N2O5S2/c13-8(14)4-12(5-9(15)16)10(17)11-3-7-6-18-1-2-19-7/h7H,1-6H2,(H,11,17)(H,13,14)(H,15,16). The van der Waals surface area contributed by atoms with E-state index < -0.39 is 31.1 Å². The normalized spacial score (nSPS) is 18.6. The number of aliphatic carboxylic acids is 2. The second kappa shape index (κ2) is 8.16. The first-order valence-corrected chi connectivity index (χ1v) is 7.85. The molecule has 1 aliphatic heterocycles. The Bertz CT molecular complexity index is 331. The van der Waals surface area contributed by atoms with E-state index in [1.807, 2.05) is 11.8 Å². The average molecular weight is 308 g/mol. The summed E-state index contributed by atoms with van der Waals surface area (Å²) >= 11 is 3.57. The largest absolute Gasteiger partial charge is 0.480 e. The van der Waals surface area contributed by atoms with Gasteiger partial charge in [-0.1, -0.05) is 0 Å². The van der Waals surface area contributed by atoms with Gasteiger partial charge in [-0.3, -0.25) is 9.59 Å². The zero-order valence-corrected chi connectivity index (χ0v) is 11.8. The molecule has 0 aromatic heterocycles. The number of rotatable bonds is 6. The Hall–Kier alpha value is -1.09. The summed E-state index contributed by atoms with van der Waals surface area (Å²) in [5.41, 5.74) is 0. The number of carbonyl (C=O) groups is 3. The van der Waals surface area contributed by atoms with E-state index in [0.29, 0.717) is 11.8 Å². The zero-order chi connectivity index (χ0) is 14.3. The van der Waals surface area contributed by atoms with Crippen LogP contribution in [-0.2, 0) is 9.59 Å². The van der Waals surface area contributed by atoms with E-state index in [2.05, 4.69) is 5.32 Å². The first kappa shape index (κ1) is 16.0. The molecule has 0 radical (unpaired) electrons. The lowest BCUT2D eigenvalue weighted by molar-refractivity contribution is -0.140. The molecule has 1 saturated heterocycles. The Kier molecular flexibility index (Phi) is 6.85. The first-order chi connectivity index (χ1) is 8.99. The fraction of sp³-hybridized carbons (Fsp3) is 0.700. The molecule has 1 rings (SSSR count). The van der Waals surface area contributed by atoms with Crippen LogP contribution in [0, 0.1) is 0 Å². The Morgan fingerprint density at radius 1 is 1.16 bits per heavy atom. The number of urea groups is 1. The van der Waals surface area contributed by atoms with Crippen molar-refractivity contribution in [2.24, 2.45) is 0 Å². The predicted octanol–water partition coefficient (Wildman–Crippen LogP) is 0.0158. The van der Waals surface area contributed by atoms with E-state index in [1.54, 1.807) is 11.8 Å². The van der Waals surface area contributed by atoms with Crippen LogP contribution in [0.5, 0.6) is 0 Å². The third-order valence-electron chi connectivity index (χ3n) is 2.31. The number of amides is 2. The van der Waals surface area contributed by atoms with E-state index in [9.17, 15) is 14.4 Å². The highest BCUT2D eigenvalue weighted by Crippen LogP contribution is 2.23. The molecule has 0 aromatic rings. The molecule has 0 spiro atoms. The molecule has 1 heterocycles. The minimum Gasteiger partial charge on any atom is -0.480 e. The summed E-state index contributed by atoms with van der Waals surface area (Å²) in [6, 6.07) is -0.652. The molecule has 0 bridgehead atoms. The highest BCUT2D eigenvalue weighted by molar-refractivity contribution is 8.06. The Balaban J connectivity index is 2.41. The third-order valence-corrected chi connectivity index (χ3v) is 5.15. The summed E-state index contributed by atoms with van der Waals surface area (Å²) in [4.78, 5) is 33.7. The number of carbonyl (C=O) groups excluding carboxylic acids is 1. The molecule has 1 atom stereocenters. The molecule has 1 aliphatic rings. The molecule has 0 aliphatic carbocycles. The molecule has 1 unspecified atom stereocenters. The molecule has 1 fully saturated rings. The summed E-state index contributed by atoms with van der Waals surface area (Å²) in [6.45, 7) is -0.818. The first-order valence-electron chi connectivity index (χ1n) is 5.64. The summed E-state index contributed by atoms with van der Waals surface area (Å²) in [7, 11) is 0. The number of nitrogens with one attached hydrogen (secondary N) is 1. The maximum absolute atomic E-state index is 11.7. The quantitative estimate of drug-likeness (QED) is 0.635. The van der Waals surface area contributed by atoms with Crippen molar-refractivity contribution in [3.8, 4) is 0 Å². The van der Waals surface area contributed by atoms with Crippen LogP contribution in [0.2, 0.25) is 0 Å². The van der Waals surface area contributed by atoms with Crippen molar-refractivity contribution in [3.05, 3.63) is 0 Å². The number of hydrogen-bond acceptors (Lipinski definition) is 5. The minimum atomic E-state index is -1.24. The average Bonchev–Trinajstić information content (AvgIpc) is 2.35. The predicted molar refractivity (Wildman–Crippen MR) is 73.8 cm³/mol. The Morgan fingerprint density at radius 3 is 2.26 bits per heavy atom. The fourth-order valence-electron chi connectivity index (χ4n) is 1.49. The van der Waals surface area contributed by atoms with Crippen LogP contribution in [-0.4, -0.2) is 75.2 Å². The van der Waals surface area contributed by atoms with Gasteiger partial charge in [0.25, 0.3) is 0 Å². The van der Waals surface area contributed by atoms with Crippen LogP contribution in [0.25, 0.3) is 0 Å². The molecule has 0 aromatic carbocycles. The summed E-state index contributed by atoms with van der Waals surface area (Å²) < 4.78 is 0. The van der Waals surface area contributed by atoms with Crippen LogP contribution in [0.15, 0.2) is 0 Å². The van der Waals surface area contributed by atoms with Gasteiger partial charge in [0, 0.05) is 29.1 Å². The van der Waals surface area contributed by atoms with Crippen molar-refractivity contribution < 1.29 is 24.6 Å². The van der Waals surface area contributed by atoms with Gasteiger partial charge in [-0.05, 0) is 0 Å². The van der Waals surface area contributed by atoms with Gasteiger partial charge in [0.05, 0.1) is 0 Å². The second-order valence-corrected chi connectivity index (χ2v) is 6.46. The van der Waals surface area contributed by atoms with E-state index in [4.69, 9.17) is 10.2 Å². The molecular formula is C10H16N2O5S2. The third kappa shape index (κ3) is 6.58. The Labute approximate surface area is 119 Å². The maximum atomic E-state index is 11.7. The van der Waals surface area contributed by atoms with Crippen LogP contribution in [0.3, 0.4) is 0 Å². The molecule has 0 saturated carbocycles. The number of hydrogen-bond donors (Lipinski definition) is 3. The van der Waals surface area contributed by atoms with E-state index in [-0.39, 0.29) is 0 Å². The van der Waals surface area contributed by atoms with Crippen molar-refractivity contribution in [1.29, 1.82) is 0 Å². The lowest BCUT2D eigenvalue weighted by Gasteiger charge is -2.24. The van der Waals surface area contributed by atoms with Crippen LogP contribution in [0.1, 0.15) is 0 Å². The van der Waals surface area contributed by atoms with E-state index in [1.165, 1.54) is 0 Å². The maximum Gasteiger partial charge on any atom is 0.323 e. The van der Waals surface area contributed by atoms with E-state index in [0.717, 1.165) is 22.2 Å². The molecule has 7 nitrogen and oxygen atoms in total. The molecular weight excluding hydrogens is 292 g/mol. The van der Waals surface area contributed by atoms with Crippen molar-refractivity contribution >= 4 is 41.5 Å². The monoisotopic (exact) mass is 308 g/mol. The number of thioether (sulfide) groups is 2. The number of carboxylic acids is 2. The second-order valence-electron chi connectivity index (χ2n) is 3.90. The fourth-order valence-corrected chi connectivity index (χ4v) is 4.11. The van der Waals surface area contributed by atoms with Gasteiger partial charge in [-0.2, -0.15) is 23.5 Å². The number of nitrogens with zero attached hydrogens (tertiary/aromatic N) is 1. The van der Waals surface area contributed by atoms with Crippen molar-refractivity contribution in [1.82, 2.24) is 10.2 Å². The van der Waals surface area contributed by atoms with Gasteiger partial charge >= 0.3 is 18.0 Å². The van der Waals surface area contributed by atoms with Gasteiger partial charge in [-0.25, -0.2) is 4.79 Å². The minimum absolute atomic E-state index is 0.291. The van der Waals surface area contributed by atoms with Gasteiger partial charge in [0.2, 0.25) is 0 Å². The van der Waals surface area contributed by atoms with Gasteiger partial charge in [0.1, 0.15) is 13.1 Å². The van der Waals surface area contributed by atoms with Gasteiger partial charge < -0.3 is 20.4 Å². The molecule has 2 amide bonds. The number of carboxylic acid groups (broad SMARTS) is 2. The summed E-state index contributed by atoms with van der Waals surface area (Å²) in [5, 5.41) is 20.2. The summed E-state index contributed by atoms with van der Waals surface area (Å²) in [5.74, 6) is 0.583. The highest BCUT2D eigenvalue weighted by atomic mass is 32.2. The molecule has 108 valence electrons. The molecule has 19 heavy (non-hydrogen) atoms. The van der Waals surface area contributed by atoms with Crippen LogP contribution in [0.4, 0.5) is 4.79 Å². The van der Waals surface area contributed by atoms with Gasteiger partial charge in [0.15, 0.2) is 0 Å². The van der Waals surface area contributed by atoms with Gasteiger partial charge in [-0.15, -0.1) is 0 Å². The highest BCUT2D eigenvalue weighted by Gasteiger charge is 2.21. The smallest absolute Gasteiger partial charge is 0.323 e. The lowest BCUT2D eigenvalue weighted by atomic mass is 10.4. The SMILES string of the molecule is O=C(O)CN(CC(=O)O)C(=O)NCC1CSCCS1. The Morgan fingerprint density at radius 2 is 1.79 bits per heavy atom. The van der Waals surface area contributed by atoms with Crippen molar-refractivity contribution in [2.75, 3.05) is 36.9 Å². The molecule has 3 N–H and O–H groups in total. The lowest BCUT2D eigenvalue weighted by Crippen LogP contribution is -2.47. The molecule has 9 heteroatoms. The summed E-state index contributed by atoms with van der Waals surface area (Å²) in [6.07, 6.45) is 0.